The van der Waals surface area contributed by atoms with Gasteiger partial charge in [-0.25, -0.2) is 0 Å². The Hall–Kier alpha value is -0.740. The first kappa shape index (κ1) is 10.3. The van der Waals surface area contributed by atoms with Gasteiger partial charge in [0.1, 0.15) is 5.75 Å². The van der Waals surface area contributed by atoms with Gasteiger partial charge in [0.15, 0.2) is 0 Å². The lowest BCUT2D eigenvalue weighted by molar-refractivity contribution is 0.416. The molecule has 0 radical (unpaired) electrons. The van der Waals surface area contributed by atoms with Gasteiger partial charge >= 0.3 is 0 Å². The summed E-state index contributed by atoms with van der Waals surface area (Å²) in [6, 6.07) is 5.81. The second-order valence-corrected chi connectivity index (χ2v) is 3.48. The van der Waals surface area contributed by atoms with Gasteiger partial charge in [0, 0.05) is 17.6 Å². The number of hydrogen-bond donors (Lipinski definition) is 2. The van der Waals surface area contributed by atoms with Crippen molar-refractivity contribution in [2.24, 2.45) is 5.73 Å². The Morgan fingerprint density at radius 1 is 1.54 bits per heavy atom. The Labute approximate surface area is 86.4 Å². The van der Waals surface area contributed by atoms with Gasteiger partial charge in [-0.15, -0.1) is 0 Å². The lowest BCUT2D eigenvalue weighted by atomic mass is 10.3. The van der Waals surface area contributed by atoms with E-state index < -0.39 is 0 Å². The van der Waals surface area contributed by atoms with Crippen LogP contribution in [0.25, 0.3) is 0 Å². The molecule has 0 saturated heterocycles. The van der Waals surface area contributed by atoms with Crippen molar-refractivity contribution in [2.75, 3.05) is 25.5 Å². The van der Waals surface area contributed by atoms with Crippen molar-refractivity contribution in [2.45, 2.75) is 0 Å². The molecule has 3 N–H and O–H groups in total. The van der Waals surface area contributed by atoms with Crippen LogP contribution in [0.1, 0.15) is 0 Å². The van der Waals surface area contributed by atoms with E-state index in [-0.39, 0.29) is 0 Å². The average Bonchev–Trinajstić information content (AvgIpc) is 2.15. The van der Waals surface area contributed by atoms with Crippen molar-refractivity contribution in [3.05, 3.63) is 22.7 Å². The molecule has 0 aliphatic rings. The zero-order chi connectivity index (χ0) is 9.68. The van der Waals surface area contributed by atoms with Gasteiger partial charge in [0.2, 0.25) is 0 Å². The monoisotopic (exact) mass is 244 g/mol. The van der Waals surface area contributed by atoms with E-state index in [1.54, 1.807) is 7.11 Å². The highest BCUT2D eigenvalue weighted by atomic mass is 79.9. The Morgan fingerprint density at radius 2 is 2.31 bits per heavy atom. The third-order valence-electron chi connectivity index (χ3n) is 1.62. The fraction of sp³-hybridized carbons (Fsp3) is 0.333. The third-order valence-corrected chi connectivity index (χ3v) is 2.11. The topological polar surface area (TPSA) is 47.3 Å². The molecule has 0 fully saturated rings. The Bertz CT molecular complexity index is 278. The summed E-state index contributed by atoms with van der Waals surface area (Å²) in [5.41, 5.74) is 6.35. The van der Waals surface area contributed by atoms with Crippen molar-refractivity contribution < 1.29 is 4.74 Å². The third kappa shape index (κ3) is 2.90. The number of methoxy groups -OCH3 is 1. The summed E-state index contributed by atoms with van der Waals surface area (Å²) in [6.07, 6.45) is 0. The van der Waals surface area contributed by atoms with Gasteiger partial charge < -0.3 is 15.8 Å². The molecule has 0 unspecified atom stereocenters. The lowest BCUT2D eigenvalue weighted by Gasteiger charge is -2.10. The minimum atomic E-state index is 0.607. The van der Waals surface area contributed by atoms with E-state index in [1.807, 2.05) is 18.2 Å². The summed E-state index contributed by atoms with van der Waals surface area (Å²) in [7, 11) is 1.65. The number of nitrogens with one attached hydrogen (secondary N) is 1. The highest BCUT2D eigenvalue weighted by Gasteiger charge is 2.01. The van der Waals surface area contributed by atoms with Crippen LogP contribution in [0.5, 0.6) is 5.75 Å². The van der Waals surface area contributed by atoms with Crippen LogP contribution in [0, 0.1) is 0 Å². The molecule has 0 aromatic heterocycles. The van der Waals surface area contributed by atoms with E-state index in [9.17, 15) is 0 Å². The molecular weight excluding hydrogens is 232 g/mol. The minimum absolute atomic E-state index is 0.607. The molecule has 0 heterocycles. The van der Waals surface area contributed by atoms with Gasteiger partial charge in [0.05, 0.1) is 12.8 Å². The smallest absolute Gasteiger partial charge is 0.142 e. The number of halogens is 1. The zero-order valence-electron chi connectivity index (χ0n) is 7.51. The van der Waals surface area contributed by atoms with Gasteiger partial charge in [0.25, 0.3) is 0 Å². The van der Waals surface area contributed by atoms with E-state index in [2.05, 4.69) is 21.2 Å². The van der Waals surface area contributed by atoms with Crippen LogP contribution < -0.4 is 15.8 Å². The van der Waals surface area contributed by atoms with Crippen molar-refractivity contribution in [1.29, 1.82) is 0 Å². The molecular formula is C9H13BrN2O. The second-order valence-electron chi connectivity index (χ2n) is 2.56. The first-order valence-corrected chi connectivity index (χ1v) is 4.84. The molecule has 3 nitrogen and oxygen atoms in total. The summed E-state index contributed by atoms with van der Waals surface area (Å²) in [5, 5.41) is 3.17. The highest BCUT2D eigenvalue weighted by molar-refractivity contribution is 9.10. The predicted octanol–water partition coefficient (Wildman–Crippen LogP) is 1.83. The molecule has 0 bridgehead atoms. The SMILES string of the molecule is COc1ccc(Br)cc1NCCN. The summed E-state index contributed by atoms with van der Waals surface area (Å²) >= 11 is 3.39. The van der Waals surface area contributed by atoms with Crippen LogP contribution >= 0.6 is 15.9 Å². The maximum absolute atomic E-state index is 5.39. The second kappa shape index (κ2) is 5.09. The Balaban J connectivity index is 2.81. The van der Waals surface area contributed by atoms with E-state index >= 15 is 0 Å². The van der Waals surface area contributed by atoms with Crippen LogP contribution in [-0.2, 0) is 0 Å². The molecule has 0 spiro atoms. The van der Waals surface area contributed by atoms with Gasteiger partial charge in [-0.1, -0.05) is 15.9 Å². The summed E-state index contributed by atoms with van der Waals surface area (Å²) in [4.78, 5) is 0. The molecule has 1 aromatic rings. The average molecular weight is 245 g/mol. The summed E-state index contributed by atoms with van der Waals surface area (Å²) < 4.78 is 6.19. The predicted molar refractivity (Wildman–Crippen MR) is 58.2 cm³/mol. The van der Waals surface area contributed by atoms with Crippen LogP contribution in [0.3, 0.4) is 0 Å². The van der Waals surface area contributed by atoms with Gasteiger partial charge in [-0.3, -0.25) is 0 Å². The molecule has 72 valence electrons. The van der Waals surface area contributed by atoms with Crippen molar-refractivity contribution in [3.63, 3.8) is 0 Å². The molecule has 1 aromatic carbocycles. The van der Waals surface area contributed by atoms with Crippen LogP contribution in [0.15, 0.2) is 22.7 Å². The molecule has 0 amide bonds. The normalized spacial score (nSPS) is 9.77. The number of ether oxygens (including phenoxy) is 1. The lowest BCUT2D eigenvalue weighted by Crippen LogP contribution is -2.13. The van der Waals surface area contributed by atoms with Crippen molar-refractivity contribution in [1.82, 2.24) is 0 Å². The molecule has 1 rings (SSSR count). The van der Waals surface area contributed by atoms with Crippen molar-refractivity contribution in [3.8, 4) is 5.75 Å². The molecule has 0 aliphatic heterocycles. The molecule has 0 atom stereocenters. The Morgan fingerprint density at radius 3 is 2.92 bits per heavy atom. The number of anilines is 1. The van der Waals surface area contributed by atoms with Crippen molar-refractivity contribution >= 4 is 21.6 Å². The fourth-order valence-corrected chi connectivity index (χ4v) is 1.39. The zero-order valence-corrected chi connectivity index (χ0v) is 9.10. The van der Waals surface area contributed by atoms with Crippen LogP contribution in [0.2, 0.25) is 0 Å². The minimum Gasteiger partial charge on any atom is -0.495 e. The molecule has 4 heteroatoms. The van der Waals surface area contributed by atoms with Crippen LogP contribution in [-0.4, -0.2) is 20.2 Å². The van der Waals surface area contributed by atoms with Gasteiger partial charge in [-0.05, 0) is 18.2 Å². The molecule has 0 aliphatic carbocycles. The van der Waals surface area contributed by atoms with E-state index in [0.29, 0.717) is 6.54 Å². The highest BCUT2D eigenvalue weighted by Crippen LogP contribution is 2.27. The number of benzene rings is 1. The first-order valence-electron chi connectivity index (χ1n) is 4.05. The molecule has 13 heavy (non-hydrogen) atoms. The number of nitrogens with two attached hydrogens (primary N) is 1. The van der Waals surface area contributed by atoms with Gasteiger partial charge in [-0.2, -0.15) is 0 Å². The number of hydrogen-bond acceptors (Lipinski definition) is 3. The standard InChI is InChI=1S/C9H13BrN2O/c1-13-9-3-2-7(10)6-8(9)12-5-4-11/h2-3,6,12H,4-5,11H2,1H3. The quantitative estimate of drug-likeness (QED) is 0.850. The maximum atomic E-state index is 5.39. The summed E-state index contributed by atoms with van der Waals surface area (Å²) in [5.74, 6) is 0.830. The number of rotatable bonds is 4. The molecule has 0 saturated carbocycles. The summed E-state index contributed by atoms with van der Waals surface area (Å²) in [6.45, 7) is 1.35. The first-order chi connectivity index (χ1) is 6.27. The largest absolute Gasteiger partial charge is 0.495 e. The van der Waals surface area contributed by atoms with E-state index in [1.165, 1.54) is 0 Å². The Kier molecular flexibility index (Phi) is 4.05. The van der Waals surface area contributed by atoms with E-state index in [4.69, 9.17) is 10.5 Å². The van der Waals surface area contributed by atoms with E-state index in [0.717, 1.165) is 22.5 Å². The fourth-order valence-electron chi connectivity index (χ4n) is 1.03. The van der Waals surface area contributed by atoms with Crippen LogP contribution in [0.4, 0.5) is 5.69 Å². The maximum Gasteiger partial charge on any atom is 0.142 e.